The zero-order valence-electron chi connectivity index (χ0n) is 15.5. The summed E-state index contributed by atoms with van der Waals surface area (Å²) in [7, 11) is 3.02. The summed E-state index contributed by atoms with van der Waals surface area (Å²) in [4.78, 5) is 12.7. The highest BCUT2D eigenvalue weighted by atomic mass is 16.5. The Morgan fingerprint density at radius 2 is 1.32 bits per heavy atom. The summed E-state index contributed by atoms with van der Waals surface area (Å²) in [5, 5.41) is 14.9. The molecule has 0 bridgehead atoms. The van der Waals surface area contributed by atoms with Gasteiger partial charge in [0.2, 0.25) is 0 Å². The van der Waals surface area contributed by atoms with E-state index in [1.54, 1.807) is 42.5 Å². The van der Waals surface area contributed by atoms with E-state index >= 15 is 0 Å². The summed E-state index contributed by atoms with van der Waals surface area (Å²) in [5.41, 5.74) is 3.32. The summed E-state index contributed by atoms with van der Waals surface area (Å²) in [6, 6.07) is 21.7. The van der Waals surface area contributed by atoms with Crippen molar-refractivity contribution in [3.05, 3.63) is 77.9 Å². The van der Waals surface area contributed by atoms with Crippen molar-refractivity contribution in [2.45, 2.75) is 0 Å². The van der Waals surface area contributed by atoms with Gasteiger partial charge in [-0.3, -0.25) is 4.79 Å². The largest absolute Gasteiger partial charge is 0.496 e. The molecule has 0 heterocycles. The number of anilines is 3. The molecule has 0 aromatic heterocycles. The number of hydrogen-bond acceptors (Lipinski definition) is 5. The van der Waals surface area contributed by atoms with Crippen LogP contribution in [0.1, 0.15) is 15.9 Å². The molecule has 0 radical (unpaired) electrons. The van der Waals surface area contributed by atoms with Crippen molar-refractivity contribution in [2.24, 2.45) is 0 Å². The number of carbonyl (C=O) groups is 1. The molecule has 140 valence electrons. The molecule has 3 aromatic carbocycles. The quantitative estimate of drug-likeness (QED) is 0.661. The first-order valence-corrected chi connectivity index (χ1v) is 8.54. The number of nitrogens with zero attached hydrogens (tertiary/aromatic N) is 1. The average Bonchev–Trinajstić information content (AvgIpc) is 2.75. The van der Waals surface area contributed by atoms with Gasteiger partial charge in [0.15, 0.2) is 0 Å². The maximum atomic E-state index is 12.7. The van der Waals surface area contributed by atoms with Crippen molar-refractivity contribution in [1.29, 1.82) is 5.26 Å². The van der Waals surface area contributed by atoms with Crippen molar-refractivity contribution < 1.29 is 14.3 Å². The Morgan fingerprint density at radius 1 is 0.821 bits per heavy atom. The van der Waals surface area contributed by atoms with Gasteiger partial charge >= 0.3 is 0 Å². The molecule has 0 saturated heterocycles. The number of ether oxygens (including phenoxy) is 2. The summed E-state index contributed by atoms with van der Waals surface area (Å²) in [5.74, 6) is 0.564. The molecule has 3 aromatic rings. The maximum absolute atomic E-state index is 12.7. The van der Waals surface area contributed by atoms with Crippen LogP contribution in [0.3, 0.4) is 0 Å². The van der Waals surface area contributed by atoms with Crippen LogP contribution >= 0.6 is 0 Å². The Kier molecular flexibility index (Phi) is 5.78. The van der Waals surface area contributed by atoms with Crippen molar-refractivity contribution >= 4 is 23.0 Å². The second-order valence-corrected chi connectivity index (χ2v) is 5.88. The predicted octanol–water partition coefficient (Wildman–Crippen LogP) is 4.57. The van der Waals surface area contributed by atoms with Gasteiger partial charge in [0.1, 0.15) is 17.1 Å². The lowest BCUT2D eigenvalue weighted by Gasteiger charge is -2.13. The molecule has 6 heteroatoms. The summed E-state index contributed by atoms with van der Waals surface area (Å²) in [6.45, 7) is 0. The first-order chi connectivity index (χ1) is 13.6. The van der Waals surface area contributed by atoms with Crippen LogP contribution in [0.15, 0.2) is 66.7 Å². The summed E-state index contributed by atoms with van der Waals surface area (Å²) < 4.78 is 10.6. The van der Waals surface area contributed by atoms with Gasteiger partial charge in [-0.25, -0.2) is 0 Å². The lowest BCUT2D eigenvalue weighted by atomic mass is 10.1. The van der Waals surface area contributed by atoms with Crippen molar-refractivity contribution in [3.8, 4) is 17.6 Å². The van der Waals surface area contributed by atoms with Crippen LogP contribution in [-0.2, 0) is 0 Å². The monoisotopic (exact) mass is 373 g/mol. The Hall–Kier alpha value is -3.98. The van der Waals surface area contributed by atoms with Crippen molar-refractivity contribution in [3.63, 3.8) is 0 Å². The summed E-state index contributed by atoms with van der Waals surface area (Å²) in [6.07, 6.45) is 0. The number of carbonyl (C=O) groups excluding carboxylic acids is 1. The minimum absolute atomic E-state index is 0.317. The molecule has 0 spiro atoms. The number of methoxy groups -OCH3 is 2. The fourth-order valence-corrected chi connectivity index (χ4v) is 2.70. The Labute approximate surface area is 163 Å². The molecule has 0 saturated carbocycles. The van der Waals surface area contributed by atoms with Gasteiger partial charge in [-0.15, -0.1) is 0 Å². The number of nitriles is 1. The number of nitrogens with one attached hydrogen (secondary N) is 2. The zero-order chi connectivity index (χ0) is 19.9. The van der Waals surface area contributed by atoms with E-state index < -0.39 is 0 Å². The second kappa shape index (κ2) is 8.60. The lowest BCUT2D eigenvalue weighted by Crippen LogP contribution is -2.14. The third-order valence-electron chi connectivity index (χ3n) is 4.10. The van der Waals surface area contributed by atoms with Gasteiger partial charge in [-0.2, -0.15) is 5.26 Å². The molecule has 0 fully saturated rings. The SMILES string of the molecule is COc1cccc(OC)c1C(=O)Nc1ccc(Nc2ccc(C#N)cc2)cc1. The van der Waals surface area contributed by atoms with Gasteiger partial charge in [0.25, 0.3) is 5.91 Å². The third-order valence-corrected chi connectivity index (χ3v) is 4.10. The fraction of sp³-hybridized carbons (Fsp3) is 0.0909. The zero-order valence-corrected chi connectivity index (χ0v) is 15.5. The van der Waals surface area contributed by atoms with Crippen LogP contribution in [0, 0.1) is 11.3 Å². The summed E-state index contributed by atoms with van der Waals surface area (Å²) >= 11 is 0. The molecule has 0 aliphatic heterocycles. The van der Waals surface area contributed by atoms with Gasteiger partial charge in [-0.05, 0) is 60.7 Å². The molecule has 0 unspecified atom stereocenters. The van der Waals surface area contributed by atoms with Crippen LogP contribution in [0.5, 0.6) is 11.5 Å². The van der Waals surface area contributed by atoms with Crippen molar-refractivity contribution in [1.82, 2.24) is 0 Å². The van der Waals surface area contributed by atoms with Crippen molar-refractivity contribution in [2.75, 3.05) is 24.9 Å². The molecule has 3 rings (SSSR count). The lowest BCUT2D eigenvalue weighted by molar-refractivity contribution is 0.102. The van der Waals surface area contributed by atoms with E-state index in [2.05, 4.69) is 16.7 Å². The third kappa shape index (κ3) is 4.22. The second-order valence-electron chi connectivity index (χ2n) is 5.88. The molecular weight excluding hydrogens is 354 g/mol. The van der Waals surface area contributed by atoms with Gasteiger partial charge < -0.3 is 20.1 Å². The standard InChI is InChI=1S/C22H19N3O3/c1-27-19-4-3-5-20(28-2)21(19)22(26)25-18-12-10-17(11-13-18)24-16-8-6-15(14-23)7-9-16/h3-13,24H,1-2H3,(H,25,26). The Balaban J connectivity index is 1.72. The molecule has 6 nitrogen and oxygen atoms in total. The average molecular weight is 373 g/mol. The Morgan fingerprint density at radius 3 is 1.82 bits per heavy atom. The van der Waals surface area contributed by atoms with E-state index in [1.165, 1.54) is 14.2 Å². The van der Waals surface area contributed by atoms with Crippen LogP contribution in [0.25, 0.3) is 0 Å². The molecule has 0 aliphatic rings. The van der Waals surface area contributed by atoms with E-state index in [-0.39, 0.29) is 5.91 Å². The molecule has 0 atom stereocenters. The van der Waals surface area contributed by atoms with E-state index in [0.29, 0.717) is 28.3 Å². The van der Waals surface area contributed by atoms with Crippen LogP contribution in [0.2, 0.25) is 0 Å². The molecule has 2 N–H and O–H groups in total. The van der Waals surface area contributed by atoms with E-state index in [9.17, 15) is 4.79 Å². The smallest absolute Gasteiger partial charge is 0.263 e. The minimum Gasteiger partial charge on any atom is -0.496 e. The van der Waals surface area contributed by atoms with Gasteiger partial charge in [-0.1, -0.05) is 6.07 Å². The van der Waals surface area contributed by atoms with Gasteiger partial charge in [0.05, 0.1) is 25.9 Å². The van der Waals surface area contributed by atoms with E-state index in [0.717, 1.165) is 11.4 Å². The van der Waals surface area contributed by atoms with E-state index in [1.807, 2.05) is 24.3 Å². The normalized spacial score (nSPS) is 9.89. The highest BCUT2D eigenvalue weighted by Gasteiger charge is 2.18. The Bertz CT molecular complexity index is 984. The van der Waals surface area contributed by atoms with Gasteiger partial charge in [0, 0.05) is 17.1 Å². The molecule has 1 amide bonds. The number of hydrogen-bond donors (Lipinski definition) is 2. The van der Waals surface area contributed by atoms with Crippen LogP contribution < -0.4 is 20.1 Å². The fourth-order valence-electron chi connectivity index (χ4n) is 2.70. The predicted molar refractivity (Wildman–Crippen MR) is 108 cm³/mol. The van der Waals surface area contributed by atoms with E-state index in [4.69, 9.17) is 14.7 Å². The van der Waals surface area contributed by atoms with Crippen LogP contribution in [-0.4, -0.2) is 20.1 Å². The molecular formula is C22H19N3O3. The number of benzene rings is 3. The molecule has 0 aliphatic carbocycles. The number of amides is 1. The minimum atomic E-state index is -0.317. The topological polar surface area (TPSA) is 83.4 Å². The first-order valence-electron chi connectivity index (χ1n) is 8.54. The number of rotatable bonds is 6. The van der Waals surface area contributed by atoms with Crippen LogP contribution in [0.4, 0.5) is 17.1 Å². The highest BCUT2D eigenvalue weighted by molar-refractivity contribution is 6.08. The highest BCUT2D eigenvalue weighted by Crippen LogP contribution is 2.29. The molecule has 28 heavy (non-hydrogen) atoms. The maximum Gasteiger partial charge on any atom is 0.263 e. The first kappa shape index (κ1) is 18.8.